The van der Waals surface area contributed by atoms with Crippen molar-refractivity contribution in [2.75, 3.05) is 0 Å². The van der Waals surface area contributed by atoms with E-state index >= 15 is 0 Å². The summed E-state index contributed by atoms with van der Waals surface area (Å²) in [7, 11) is 7.26. The monoisotopic (exact) mass is 1030 g/mol. The van der Waals surface area contributed by atoms with Crippen LogP contribution in [0.5, 0.6) is 0 Å². The van der Waals surface area contributed by atoms with Crippen LogP contribution in [0.25, 0.3) is 76.1 Å². The fraction of sp³-hybridized carbons (Fsp3) is 0.138. The zero-order valence-corrected chi connectivity index (χ0v) is 41.8. The third kappa shape index (κ3) is 9.16. The molecule has 0 saturated heterocycles. The van der Waals surface area contributed by atoms with Gasteiger partial charge in [0, 0.05) is 38.9 Å². The van der Waals surface area contributed by atoms with Crippen LogP contribution in [0.4, 0.5) is 0 Å². The smallest absolute Gasteiger partial charge is 0.0767 e. The second kappa shape index (κ2) is 18.5. The first-order valence-corrected chi connectivity index (χ1v) is 25.7. The average molecular weight is 1030 g/mol. The van der Waals surface area contributed by atoms with Crippen LogP contribution in [0.15, 0.2) is 158 Å². The number of benzene rings is 6. The molecule has 0 amide bonds. The zero-order chi connectivity index (χ0) is 43.9. The van der Waals surface area contributed by atoms with Crippen LogP contribution in [-0.4, -0.2) is 8.07 Å². The molecule has 9 aromatic rings. The van der Waals surface area contributed by atoms with Crippen molar-refractivity contribution >= 4 is 44.8 Å². The van der Waals surface area contributed by atoms with E-state index < -0.39 is 8.07 Å². The molecule has 2 nitrogen and oxygen atoms in total. The molecule has 0 bridgehead atoms. The molecule has 0 N–H and O–H groups in total. The van der Waals surface area contributed by atoms with Crippen LogP contribution in [0.3, 0.4) is 0 Å². The van der Waals surface area contributed by atoms with Gasteiger partial charge in [0.2, 0.25) is 0 Å². The molecule has 63 heavy (non-hydrogen) atoms. The van der Waals surface area contributed by atoms with E-state index in [1.165, 1.54) is 75.4 Å². The average Bonchev–Trinajstić information content (AvgIpc) is 3.63. The predicted molar refractivity (Wildman–Crippen MR) is 270 cm³/mol. The number of hydrogen-bond donors (Lipinski definition) is 0. The van der Waals surface area contributed by atoms with Crippen molar-refractivity contribution in [3.05, 3.63) is 214 Å². The standard InChI is InChI=1S/C32H24NS.C26H32NSi.Ir/c1-21-14-16-27-26-17-15-25(23-10-6-4-7-11-23)19-30(26)34-32(27)31(21)29-18-22(2)28(20-33(29)3)24-12-8-5-9-13-24;1-18(2)22-16-25(27(5)17-26(22)28(6,7)8)24-15-19(3)23(14-20(24)4)21-12-10-9-11-13-21;/h4-20H,1,3H2,2H3;9-18H,4-5H2,1-3,6-8H3;/q2*-1;. The number of aryl methyl sites for hydroxylation is 2. The molecular formula is C58H56IrN2SSi-2. The third-order valence-electron chi connectivity index (χ3n) is 12.0. The van der Waals surface area contributed by atoms with Gasteiger partial charge in [-0.2, -0.15) is 37.1 Å². The molecule has 5 heteroatoms. The molecule has 3 heterocycles. The van der Waals surface area contributed by atoms with Gasteiger partial charge in [-0.3, -0.25) is 0 Å². The van der Waals surface area contributed by atoms with Gasteiger partial charge in [-0.25, -0.2) is 0 Å². The van der Waals surface area contributed by atoms with Gasteiger partial charge in [-0.15, -0.1) is 29.0 Å². The second-order valence-corrected chi connectivity index (χ2v) is 23.9. The molecule has 0 fully saturated rings. The van der Waals surface area contributed by atoms with Gasteiger partial charge in [0.15, 0.2) is 0 Å². The Morgan fingerprint density at radius 1 is 0.524 bits per heavy atom. The number of fused-ring (bicyclic) bond motifs is 3. The second-order valence-electron chi connectivity index (χ2n) is 17.8. The molecular weight excluding hydrogens is 977 g/mol. The van der Waals surface area contributed by atoms with Gasteiger partial charge >= 0.3 is 0 Å². The maximum absolute atomic E-state index is 4.40. The Morgan fingerprint density at radius 3 is 1.68 bits per heavy atom. The van der Waals surface area contributed by atoms with Crippen molar-refractivity contribution in [3.63, 3.8) is 0 Å². The minimum Gasteiger partial charge on any atom is -0.343 e. The summed E-state index contributed by atoms with van der Waals surface area (Å²) in [4.78, 5) is 0. The summed E-state index contributed by atoms with van der Waals surface area (Å²) in [6.07, 6.45) is 4.40. The Kier molecular flexibility index (Phi) is 13.3. The Balaban J connectivity index is 0.000000190. The molecule has 0 spiro atoms. The fourth-order valence-electron chi connectivity index (χ4n) is 8.67. The SMILES string of the molecule is [CH2-]c1cc(-c2ccccc2)c(C)cc1-c1cc(C(C)C)c([Si](C)(C)C)c[n+]1[CH2-].[CH2-]c1ccc2c(sc3cc(-c4ccccc4)ccc32)c1-c1cc(C)c(-c2ccccc2)c[n+]1[CH2-].[Ir]. The van der Waals surface area contributed by atoms with Crippen molar-refractivity contribution in [1.29, 1.82) is 0 Å². The van der Waals surface area contributed by atoms with Gasteiger partial charge in [0.1, 0.15) is 0 Å². The Bertz CT molecular complexity index is 3070. The first-order chi connectivity index (χ1) is 29.7. The van der Waals surface area contributed by atoms with E-state index in [1.54, 1.807) is 0 Å². The number of pyridine rings is 2. The van der Waals surface area contributed by atoms with Crippen LogP contribution >= 0.6 is 11.3 Å². The van der Waals surface area contributed by atoms with E-state index in [1.807, 2.05) is 26.5 Å². The van der Waals surface area contributed by atoms with Crippen molar-refractivity contribution in [2.45, 2.75) is 53.3 Å². The molecule has 0 aliphatic carbocycles. The first-order valence-electron chi connectivity index (χ1n) is 21.4. The topological polar surface area (TPSA) is 7.76 Å². The Hall–Kier alpha value is -5.81. The molecule has 9 rings (SSSR count). The summed E-state index contributed by atoms with van der Waals surface area (Å²) in [5.74, 6) is 0.486. The van der Waals surface area contributed by atoms with Gasteiger partial charge < -0.3 is 9.13 Å². The van der Waals surface area contributed by atoms with Crippen LogP contribution in [0.2, 0.25) is 19.6 Å². The van der Waals surface area contributed by atoms with Crippen LogP contribution in [0.1, 0.15) is 47.6 Å². The third-order valence-corrected chi connectivity index (χ3v) is 15.2. The van der Waals surface area contributed by atoms with Crippen LogP contribution in [0, 0.1) is 41.8 Å². The van der Waals surface area contributed by atoms with Gasteiger partial charge in [-0.1, -0.05) is 177 Å². The van der Waals surface area contributed by atoms with Gasteiger partial charge in [0.25, 0.3) is 0 Å². The number of hydrogen-bond acceptors (Lipinski definition) is 1. The quantitative estimate of drug-likeness (QED) is 0.0854. The normalized spacial score (nSPS) is 11.4. The van der Waals surface area contributed by atoms with Crippen molar-refractivity contribution in [3.8, 4) is 55.9 Å². The molecule has 0 atom stereocenters. The van der Waals surface area contributed by atoms with Crippen molar-refractivity contribution in [2.24, 2.45) is 0 Å². The maximum atomic E-state index is 4.40. The number of aromatic nitrogens is 2. The maximum Gasteiger partial charge on any atom is 0.0767 e. The molecule has 6 aromatic carbocycles. The zero-order valence-electron chi connectivity index (χ0n) is 37.6. The number of nitrogens with zero attached hydrogens (tertiary/aromatic N) is 2. The summed E-state index contributed by atoms with van der Waals surface area (Å²) in [5, 5.41) is 4.05. The molecule has 1 radical (unpaired) electrons. The molecule has 0 aliphatic heterocycles. The van der Waals surface area contributed by atoms with Crippen molar-refractivity contribution in [1.82, 2.24) is 0 Å². The Labute approximate surface area is 394 Å². The minimum absolute atomic E-state index is 0. The summed E-state index contributed by atoms with van der Waals surface area (Å²) >= 11 is 1.84. The summed E-state index contributed by atoms with van der Waals surface area (Å²) in [6.45, 7) is 24.9. The Morgan fingerprint density at radius 2 is 1.08 bits per heavy atom. The predicted octanol–water partition coefficient (Wildman–Crippen LogP) is 14.6. The van der Waals surface area contributed by atoms with E-state index in [4.69, 9.17) is 0 Å². The minimum atomic E-state index is -1.45. The largest absolute Gasteiger partial charge is 0.343 e. The number of thiophene rings is 1. The fourth-order valence-corrected chi connectivity index (χ4v) is 11.8. The molecule has 0 unspecified atom stereocenters. The summed E-state index contributed by atoms with van der Waals surface area (Å²) < 4.78 is 6.59. The van der Waals surface area contributed by atoms with E-state index in [2.05, 4.69) is 227 Å². The molecule has 319 valence electrons. The van der Waals surface area contributed by atoms with E-state index in [0.717, 1.165) is 33.6 Å². The molecule has 0 saturated carbocycles. The summed E-state index contributed by atoms with van der Waals surface area (Å²) in [6, 6.07) is 51.8. The van der Waals surface area contributed by atoms with Crippen LogP contribution in [-0.2, 0) is 20.1 Å². The van der Waals surface area contributed by atoms with E-state index in [9.17, 15) is 0 Å². The molecule has 0 aliphatic rings. The van der Waals surface area contributed by atoms with Gasteiger partial charge in [-0.05, 0) is 74.3 Å². The molecule has 3 aromatic heterocycles. The number of rotatable bonds is 7. The first kappa shape index (κ1) is 45.2. The summed E-state index contributed by atoms with van der Waals surface area (Å²) in [5.41, 5.74) is 17.9. The van der Waals surface area contributed by atoms with E-state index in [-0.39, 0.29) is 20.1 Å². The van der Waals surface area contributed by atoms with Crippen molar-refractivity contribution < 1.29 is 29.2 Å². The van der Waals surface area contributed by atoms with Crippen LogP contribution < -0.4 is 14.3 Å². The van der Waals surface area contributed by atoms with Gasteiger partial charge in [0.05, 0.1) is 31.9 Å². The van der Waals surface area contributed by atoms with E-state index in [0.29, 0.717) is 5.92 Å².